The predicted molar refractivity (Wildman–Crippen MR) is 98.8 cm³/mol. The number of hydrogen-bond acceptors (Lipinski definition) is 6. The van der Waals surface area contributed by atoms with Crippen molar-refractivity contribution in [2.24, 2.45) is 0 Å². The number of nitrogens with zero attached hydrogens (tertiary/aromatic N) is 1. The first-order valence-corrected chi connectivity index (χ1v) is 8.86. The Bertz CT molecular complexity index is 941. The molecule has 0 fully saturated rings. The number of para-hydroxylation sites is 1. The van der Waals surface area contributed by atoms with Gasteiger partial charge in [0.05, 0.1) is 24.1 Å². The molecule has 0 aliphatic carbocycles. The molecule has 3 rings (SSSR count). The van der Waals surface area contributed by atoms with Gasteiger partial charge in [0, 0.05) is 5.56 Å². The van der Waals surface area contributed by atoms with Crippen molar-refractivity contribution in [3.63, 3.8) is 0 Å². The van der Waals surface area contributed by atoms with Gasteiger partial charge in [0.1, 0.15) is 11.8 Å². The lowest BCUT2D eigenvalue weighted by Gasteiger charge is -2.25. The van der Waals surface area contributed by atoms with Crippen LogP contribution < -0.4 is 10.6 Å². The predicted octanol–water partition coefficient (Wildman–Crippen LogP) is 2.20. The third kappa shape index (κ3) is 3.89. The van der Waals surface area contributed by atoms with Crippen LogP contribution in [0.5, 0.6) is 0 Å². The Morgan fingerprint density at radius 2 is 2.00 bits per heavy atom. The maximum absolute atomic E-state index is 12.2. The van der Waals surface area contributed by atoms with Crippen molar-refractivity contribution in [3.05, 3.63) is 76.4 Å². The van der Waals surface area contributed by atoms with Crippen LogP contribution in [0.15, 0.2) is 63.9 Å². The van der Waals surface area contributed by atoms with E-state index < -0.39 is 17.4 Å². The van der Waals surface area contributed by atoms with E-state index in [2.05, 4.69) is 10.6 Å². The highest BCUT2D eigenvalue weighted by atomic mass is 32.1. The average Bonchev–Trinajstić information content (AvgIpc) is 3.40. The maximum Gasteiger partial charge on any atom is 0.313 e. The molecule has 2 amide bonds. The molecule has 7 nitrogen and oxygen atoms in total. The molecule has 0 saturated heterocycles. The molecule has 2 aromatic heterocycles. The molecule has 0 radical (unpaired) electrons. The molecule has 0 spiro atoms. The largest absolute Gasteiger partial charge is 0.466 e. The van der Waals surface area contributed by atoms with Gasteiger partial charge in [0.2, 0.25) is 0 Å². The number of aliphatic hydroxyl groups is 1. The molecule has 3 N–H and O–H groups in total. The fourth-order valence-corrected chi connectivity index (χ4v) is 3.23. The summed E-state index contributed by atoms with van der Waals surface area (Å²) in [4.78, 5) is 24.3. The highest BCUT2D eigenvalue weighted by molar-refractivity contribution is 7.08. The summed E-state index contributed by atoms with van der Waals surface area (Å²) in [5.41, 5.74) is -0.592. The van der Waals surface area contributed by atoms with E-state index in [1.165, 1.54) is 29.7 Å². The summed E-state index contributed by atoms with van der Waals surface area (Å²) >= 11 is 1.39. The summed E-state index contributed by atoms with van der Waals surface area (Å²) in [7, 11) is 0. The lowest BCUT2D eigenvalue weighted by Crippen LogP contribution is -2.45. The van der Waals surface area contributed by atoms with Crippen molar-refractivity contribution in [1.29, 1.82) is 5.26 Å². The van der Waals surface area contributed by atoms with Gasteiger partial charge < -0.3 is 20.2 Å². The Kier molecular flexibility index (Phi) is 5.35. The molecule has 3 aromatic rings. The van der Waals surface area contributed by atoms with E-state index in [0.717, 1.165) is 0 Å². The Labute approximate surface area is 158 Å². The molecular weight excluding hydrogens is 366 g/mol. The summed E-state index contributed by atoms with van der Waals surface area (Å²) in [6.07, 6.45) is 1.42. The average molecular weight is 381 g/mol. The normalized spacial score (nSPS) is 12.6. The second-order valence-electron chi connectivity index (χ2n) is 5.64. The molecule has 1 unspecified atom stereocenters. The van der Waals surface area contributed by atoms with Gasteiger partial charge in [0.25, 0.3) is 0 Å². The number of amides is 2. The van der Waals surface area contributed by atoms with Crippen molar-refractivity contribution < 1.29 is 19.1 Å². The van der Waals surface area contributed by atoms with Crippen LogP contribution in [-0.2, 0) is 15.2 Å². The molecular formula is C19H15N3O4S. The van der Waals surface area contributed by atoms with Crippen LogP contribution in [0.3, 0.4) is 0 Å². The van der Waals surface area contributed by atoms with Crippen LogP contribution in [0.1, 0.15) is 16.9 Å². The van der Waals surface area contributed by atoms with E-state index in [1.807, 2.05) is 6.07 Å². The lowest BCUT2D eigenvalue weighted by molar-refractivity contribution is -0.136. The van der Waals surface area contributed by atoms with Gasteiger partial charge in [-0.25, -0.2) is 0 Å². The molecule has 2 heterocycles. The first kappa shape index (κ1) is 18.4. The summed E-state index contributed by atoms with van der Waals surface area (Å²) in [6.45, 7) is -0.261. The molecule has 136 valence electrons. The van der Waals surface area contributed by atoms with E-state index in [4.69, 9.17) is 9.68 Å². The standard InChI is InChI=1S/C19H15N3O4S/c20-10-13-4-1-2-5-15(13)22-18(24)17(23)21-12-19(25,14-7-9-27-11-14)16-6-3-8-26-16/h1-9,11,25H,12H2,(H,21,23)(H,22,24). The number of carbonyl (C=O) groups is 2. The molecule has 27 heavy (non-hydrogen) atoms. The van der Waals surface area contributed by atoms with E-state index in [9.17, 15) is 14.7 Å². The second-order valence-corrected chi connectivity index (χ2v) is 6.42. The molecule has 0 saturated carbocycles. The van der Waals surface area contributed by atoms with Crippen LogP contribution >= 0.6 is 11.3 Å². The monoisotopic (exact) mass is 381 g/mol. The number of thiophene rings is 1. The van der Waals surface area contributed by atoms with Gasteiger partial charge in [0.15, 0.2) is 5.60 Å². The molecule has 1 atom stereocenters. The minimum Gasteiger partial charge on any atom is -0.466 e. The van der Waals surface area contributed by atoms with Gasteiger partial charge in [-0.15, -0.1) is 0 Å². The number of carbonyl (C=O) groups excluding carboxylic acids is 2. The van der Waals surface area contributed by atoms with E-state index in [-0.39, 0.29) is 23.6 Å². The zero-order chi connectivity index (χ0) is 19.3. The van der Waals surface area contributed by atoms with Crippen molar-refractivity contribution in [1.82, 2.24) is 5.32 Å². The summed E-state index contributed by atoms with van der Waals surface area (Å²) < 4.78 is 5.31. The summed E-state index contributed by atoms with van der Waals surface area (Å²) in [6, 6.07) is 13.2. The zero-order valence-corrected chi connectivity index (χ0v) is 14.8. The third-order valence-electron chi connectivity index (χ3n) is 3.93. The number of benzene rings is 1. The quantitative estimate of drug-likeness (QED) is 0.586. The molecule has 0 aliphatic rings. The maximum atomic E-state index is 12.2. The number of nitriles is 1. The fraction of sp³-hybridized carbons (Fsp3) is 0.105. The van der Waals surface area contributed by atoms with Crippen LogP contribution in [0.25, 0.3) is 0 Å². The van der Waals surface area contributed by atoms with Crippen LogP contribution in [0.4, 0.5) is 5.69 Å². The summed E-state index contributed by atoms with van der Waals surface area (Å²) in [5, 5.41) is 28.4. The van der Waals surface area contributed by atoms with Gasteiger partial charge in [-0.05, 0) is 41.1 Å². The van der Waals surface area contributed by atoms with E-state index >= 15 is 0 Å². The Morgan fingerprint density at radius 1 is 1.19 bits per heavy atom. The minimum atomic E-state index is -1.61. The van der Waals surface area contributed by atoms with Gasteiger partial charge in [-0.3, -0.25) is 9.59 Å². The first-order chi connectivity index (χ1) is 13.0. The summed E-state index contributed by atoms with van der Waals surface area (Å²) in [5.74, 6) is -1.63. The Morgan fingerprint density at radius 3 is 2.67 bits per heavy atom. The lowest BCUT2D eigenvalue weighted by atomic mass is 9.93. The smallest absolute Gasteiger partial charge is 0.313 e. The first-order valence-electron chi connectivity index (χ1n) is 7.92. The van der Waals surface area contributed by atoms with Crippen molar-refractivity contribution in [2.45, 2.75) is 5.60 Å². The number of furan rings is 1. The Hall–Kier alpha value is -3.41. The van der Waals surface area contributed by atoms with Crippen LogP contribution in [0.2, 0.25) is 0 Å². The van der Waals surface area contributed by atoms with Crippen molar-refractivity contribution in [3.8, 4) is 6.07 Å². The molecule has 8 heteroatoms. The zero-order valence-electron chi connectivity index (χ0n) is 14.0. The number of nitrogens with one attached hydrogen (secondary N) is 2. The van der Waals surface area contributed by atoms with Crippen molar-refractivity contribution >= 4 is 28.8 Å². The van der Waals surface area contributed by atoms with Gasteiger partial charge in [-0.1, -0.05) is 12.1 Å². The highest BCUT2D eigenvalue weighted by Gasteiger charge is 2.36. The van der Waals surface area contributed by atoms with Gasteiger partial charge >= 0.3 is 11.8 Å². The topological polar surface area (TPSA) is 115 Å². The highest BCUT2D eigenvalue weighted by Crippen LogP contribution is 2.31. The molecule has 0 aliphatic heterocycles. The van der Waals surface area contributed by atoms with Crippen LogP contribution in [0, 0.1) is 11.3 Å². The van der Waals surface area contributed by atoms with E-state index in [1.54, 1.807) is 41.1 Å². The molecule has 1 aromatic carbocycles. The Balaban J connectivity index is 1.71. The SMILES string of the molecule is N#Cc1ccccc1NC(=O)C(=O)NCC(O)(c1ccsc1)c1ccco1. The number of rotatable bonds is 5. The second kappa shape index (κ2) is 7.86. The number of anilines is 1. The number of hydrogen-bond donors (Lipinski definition) is 3. The van der Waals surface area contributed by atoms with Gasteiger partial charge in [-0.2, -0.15) is 16.6 Å². The minimum absolute atomic E-state index is 0.235. The van der Waals surface area contributed by atoms with Crippen molar-refractivity contribution in [2.75, 3.05) is 11.9 Å². The fourth-order valence-electron chi connectivity index (χ4n) is 2.50. The van der Waals surface area contributed by atoms with Crippen LogP contribution in [-0.4, -0.2) is 23.5 Å². The third-order valence-corrected chi connectivity index (χ3v) is 4.62. The molecule has 0 bridgehead atoms. The van der Waals surface area contributed by atoms with E-state index in [0.29, 0.717) is 5.56 Å².